The van der Waals surface area contributed by atoms with Gasteiger partial charge in [0.25, 0.3) is 0 Å². The Morgan fingerprint density at radius 3 is 2.62 bits per heavy atom. The Labute approximate surface area is 106 Å². The lowest BCUT2D eigenvalue weighted by Gasteiger charge is -2.19. The summed E-state index contributed by atoms with van der Waals surface area (Å²) < 4.78 is 1.07. The zero-order valence-corrected chi connectivity index (χ0v) is 11.6. The molecule has 1 rings (SSSR count). The fourth-order valence-corrected chi connectivity index (χ4v) is 2.50. The smallest absolute Gasteiger partial charge is 0.0643 e. The van der Waals surface area contributed by atoms with Crippen molar-refractivity contribution < 1.29 is 0 Å². The molecular weight excluding hydrogens is 264 g/mol. The standard InChI is InChI=1S/C13H17BrN2/c1-4-11(5-6-15)16-13-10(3)7-9(2)8-12(13)14/h7-8,11,16H,4-5H2,1-3H3. The molecule has 3 heteroatoms. The molecule has 0 amide bonds. The van der Waals surface area contributed by atoms with Crippen LogP contribution in [0.1, 0.15) is 30.9 Å². The summed E-state index contributed by atoms with van der Waals surface area (Å²) in [5, 5.41) is 12.2. The summed E-state index contributed by atoms with van der Waals surface area (Å²) in [4.78, 5) is 0. The van der Waals surface area contributed by atoms with Crippen LogP contribution in [0.15, 0.2) is 16.6 Å². The lowest BCUT2D eigenvalue weighted by Crippen LogP contribution is -2.18. The molecule has 0 aromatic heterocycles. The van der Waals surface area contributed by atoms with Crippen molar-refractivity contribution in [3.8, 4) is 6.07 Å². The van der Waals surface area contributed by atoms with Gasteiger partial charge in [-0.15, -0.1) is 0 Å². The second-order valence-corrected chi connectivity index (χ2v) is 4.90. The van der Waals surface area contributed by atoms with Crippen molar-refractivity contribution in [2.24, 2.45) is 0 Å². The van der Waals surface area contributed by atoms with Crippen LogP contribution in [0.4, 0.5) is 5.69 Å². The van der Waals surface area contributed by atoms with E-state index in [0.717, 1.165) is 16.6 Å². The van der Waals surface area contributed by atoms with Crippen LogP contribution in [-0.2, 0) is 0 Å². The van der Waals surface area contributed by atoms with Gasteiger partial charge in [0.2, 0.25) is 0 Å². The second kappa shape index (κ2) is 5.91. The number of benzene rings is 1. The number of aryl methyl sites for hydroxylation is 2. The van der Waals surface area contributed by atoms with E-state index in [9.17, 15) is 0 Å². The Morgan fingerprint density at radius 1 is 1.44 bits per heavy atom. The van der Waals surface area contributed by atoms with E-state index in [1.165, 1.54) is 11.1 Å². The normalized spacial score (nSPS) is 11.9. The van der Waals surface area contributed by atoms with E-state index in [4.69, 9.17) is 5.26 Å². The highest BCUT2D eigenvalue weighted by atomic mass is 79.9. The minimum atomic E-state index is 0.225. The maximum atomic E-state index is 8.73. The molecule has 0 aliphatic carbocycles. The van der Waals surface area contributed by atoms with Crippen LogP contribution < -0.4 is 5.32 Å². The van der Waals surface area contributed by atoms with Crippen molar-refractivity contribution in [2.45, 2.75) is 39.7 Å². The van der Waals surface area contributed by atoms with Crippen molar-refractivity contribution in [3.63, 3.8) is 0 Å². The first-order valence-electron chi connectivity index (χ1n) is 5.48. The van der Waals surface area contributed by atoms with Crippen LogP contribution in [-0.4, -0.2) is 6.04 Å². The molecule has 1 aromatic rings. The van der Waals surface area contributed by atoms with Crippen LogP contribution >= 0.6 is 15.9 Å². The third-order valence-corrected chi connectivity index (χ3v) is 3.24. The molecule has 1 aromatic carbocycles. The van der Waals surface area contributed by atoms with E-state index < -0.39 is 0 Å². The molecule has 0 heterocycles. The quantitative estimate of drug-likeness (QED) is 0.899. The Hall–Kier alpha value is -1.01. The number of nitriles is 1. The molecule has 0 bridgehead atoms. The minimum absolute atomic E-state index is 0.225. The maximum Gasteiger partial charge on any atom is 0.0643 e. The van der Waals surface area contributed by atoms with Gasteiger partial charge >= 0.3 is 0 Å². The van der Waals surface area contributed by atoms with Crippen molar-refractivity contribution in [3.05, 3.63) is 27.7 Å². The van der Waals surface area contributed by atoms with Gasteiger partial charge in [0, 0.05) is 10.5 Å². The van der Waals surface area contributed by atoms with Crippen LogP contribution in [0.2, 0.25) is 0 Å². The number of rotatable bonds is 4. The maximum absolute atomic E-state index is 8.73. The van der Waals surface area contributed by atoms with Gasteiger partial charge in [-0.25, -0.2) is 0 Å². The van der Waals surface area contributed by atoms with Gasteiger partial charge in [0.1, 0.15) is 0 Å². The van der Waals surface area contributed by atoms with Gasteiger partial charge in [-0.1, -0.05) is 13.0 Å². The molecule has 86 valence electrons. The van der Waals surface area contributed by atoms with Gasteiger partial charge < -0.3 is 5.32 Å². The highest BCUT2D eigenvalue weighted by molar-refractivity contribution is 9.10. The van der Waals surface area contributed by atoms with E-state index in [2.05, 4.69) is 60.2 Å². The fourth-order valence-electron chi connectivity index (χ4n) is 1.71. The van der Waals surface area contributed by atoms with Gasteiger partial charge in [-0.2, -0.15) is 5.26 Å². The SMILES string of the molecule is CCC(CC#N)Nc1c(C)cc(C)cc1Br. The molecular formula is C13H17BrN2. The van der Waals surface area contributed by atoms with Crippen molar-refractivity contribution in [2.75, 3.05) is 5.32 Å². The predicted octanol–water partition coefficient (Wildman–Crippen LogP) is 4.17. The Morgan fingerprint density at radius 2 is 2.12 bits per heavy atom. The zero-order chi connectivity index (χ0) is 12.1. The molecule has 0 saturated heterocycles. The summed E-state index contributed by atoms with van der Waals surface area (Å²) in [6, 6.07) is 6.67. The average Bonchev–Trinajstić information content (AvgIpc) is 2.21. The number of nitrogens with one attached hydrogen (secondary N) is 1. The van der Waals surface area contributed by atoms with Crippen LogP contribution in [0, 0.1) is 25.2 Å². The van der Waals surface area contributed by atoms with Gasteiger partial charge in [0.05, 0.1) is 18.2 Å². The topological polar surface area (TPSA) is 35.8 Å². The monoisotopic (exact) mass is 280 g/mol. The molecule has 0 spiro atoms. The number of hydrogen-bond donors (Lipinski definition) is 1. The van der Waals surface area contributed by atoms with E-state index in [1.54, 1.807) is 0 Å². The summed E-state index contributed by atoms with van der Waals surface area (Å²) in [6.45, 7) is 6.25. The number of nitrogens with zero attached hydrogens (tertiary/aromatic N) is 1. The Balaban J connectivity index is 2.92. The van der Waals surface area contributed by atoms with Crippen LogP contribution in [0.5, 0.6) is 0 Å². The lowest BCUT2D eigenvalue weighted by molar-refractivity contribution is 0.710. The van der Waals surface area contributed by atoms with Crippen molar-refractivity contribution >= 4 is 21.6 Å². The Bertz CT molecular complexity index is 384. The molecule has 0 fully saturated rings. The predicted molar refractivity (Wildman–Crippen MR) is 71.5 cm³/mol. The van der Waals surface area contributed by atoms with E-state index >= 15 is 0 Å². The molecule has 1 unspecified atom stereocenters. The third kappa shape index (κ3) is 3.24. The van der Waals surface area contributed by atoms with E-state index in [-0.39, 0.29) is 6.04 Å². The van der Waals surface area contributed by atoms with Crippen molar-refractivity contribution in [1.82, 2.24) is 0 Å². The Kier molecular flexibility index (Phi) is 4.82. The van der Waals surface area contributed by atoms with Crippen LogP contribution in [0.25, 0.3) is 0 Å². The lowest BCUT2D eigenvalue weighted by atomic mass is 10.1. The van der Waals surface area contributed by atoms with Gasteiger partial charge in [-0.3, -0.25) is 0 Å². The summed E-state index contributed by atoms with van der Waals surface area (Å²) in [5.74, 6) is 0. The highest BCUT2D eigenvalue weighted by Crippen LogP contribution is 2.29. The summed E-state index contributed by atoms with van der Waals surface area (Å²) in [6.07, 6.45) is 1.49. The van der Waals surface area contributed by atoms with Crippen LogP contribution in [0.3, 0.4) is 0 Å². The second-order valence-electron chi connectivity index (χ2n) is 4.05. The summed E-state index contributed by atoms with van der Waals surface area (Å²) in [5.41, 5.74) is 3.55. The highest BCUT2D eigenvalue weighted by Gasteiger charge is 2.10. The molecule has 0 aliphatic heterocycles. The largest absolute Gasteiger partial charge is 0.380 e. The number of halogens is 1. The van der Waals surface area contributed by atoms with Crippen molar-refractivity contribution in [1.29, 1.82) is 5.26 Å². The zero-order valence-electron chi connectivity index (χ0n) is 9.97. The first kappa shape index (κ1) is 13.1. The molecule has 2 nitrogen and oxygen atoms in total. The minimum Gasteiger partial charge on any atom is -0.380 e. The molecule has 16 heavy (non-hydrogen) atoms. The third-order valence-electron chi connectivity index (χ3n) is 2.61. The van der Waals surface area contributed by atoms with E-state index in [0.29, 0.717) is 6.42 Å². The van der Waals surface area contributed by atoms with E-state index in [1.807, 2.05) is 0 Å². The molecule has 1 atom stereocenters. The number of anilines is 1. The average molecular weight is 281 g/mol. The molecule has 0 saturated carbocycles. The molecule has 0 aliphatic rings. The summed E-state index contributed by atoms with van der Waals surface area (Å²) in [7, 11) is 0. The molecule has 0 radical (unpaired) electrons. The number of hydrogen-bond acceptors (Lipinski definition) is 2. The first-order valence-corrected chi connectivity index (χ1v) is 6.28. The van der Waals surface area contributed by atoms with Gasteiger partial charge in [-0.05, 0) is 53.4 Å². The molecule has 1 N–H and O–H groups in total. The first-order chi connectivity index (χ1) is 7.58. The summed E-state index contributed by atoms with van der Waals surface area (Å²) >= 11 is 3.56. The van der Waals surface area contributed by atoms with Gasteiger partial charge in [0.15, 0.2) is 0 Å². The fraction of sp³-hybridized carbons (Fsp3) is 0.462.